The standard InChI is InChI=1S/C20H17ClFN5O2/c1-24-20(29)17-18(23)25-10-16(27-17)11-3-2-4-12(7-11)19(28)26-9-13-5-6-14(22)8-15(13)21/h2-8,10H,9H2,1H3,(H2,23,25)(H,24,29)(H,26,28). The lowest BCUT2D eigenvalue weighted by atomic mass is 10.1. The molecule has 3 aromatic rings. The Morgan fingerprint density at radius 1 is 1.17 bits per heavy atom. The Labute approximate surface area is 171 Å². The van der Waals surface area contributed by atoms with E-state index in [0.717, 1.165) is 0 Å². The van der Waals surface area contributed by atoms with Crippen molar-refractivity contribution < 1.29 is 14.0 Å². The van der Waals surface area contributed by atoms with Crippen LogP contribution in [0.5, 0.6) is 0 Å². The maximum absolute atomic E-state index is 13.1. The van der Waals surface area contributed by atoms with Gasteiger partial charge in [-0.2, -0.15) is 0 Å². The fraction of sp³-hybridized carbons (Fsp3) is 0.100. The first-order valence-corrected chi connectivity index (χ1v) is 8.94. The second-order valence-electron chi connectivity index (χ2n) is 6.07. The molecule has 1 aromatic heterocycles. The van der Waals surface area contributed by atoms with Gasteiger partial charge in [0.05, 0.1) is 11.9 Å². The number of aromatic nitrogens is 2. The van der Waals surface area contributed by atoms with Crippen LogP contribution in [0.3, 0.4) is 0 Å². The van der Waals surface area contributed by atoms with Crippen molar-refractivity contribution in [2.24, 2.45) is 0 Å². The van der Waals surface area contributed by atoms with Crippen molar-refractivity contribution in [3.05, 3.63) is 76.3 Å². The van der Waals surface area contributed by atoms with E-state index in [1.165, 1.54) is 31.4 Å². The number of nitrogens with one attached hydrogen (secondary N) is 2. The quantitative estimate of drug-likeness (QED) is 0.595. The predicted octanol–water partition coefficient (Wildman–Crippen LogP) is 2.81. The lowest BCUT2D eigenvalue weighted by Gasteiger charge is -2.09. The van der Waals surface area contributed by atoms with Crippen molar-refractivity contribution in [1.29, 1.82) is 0 Å². The van der Waals surface area contributed by atoms with E-state index >= 15 is 0 Å². The largest absolute Gasteiger partial charge is 0.382 e. The minimum absolute atomic E-state index is 0.00538. The van der Waals surface area contributed by atoms with Crippen molar-refractivity contribution >= 4 is 29.2 Å². The molecule has 0 saturated heterocycles. The van der Waals surface area contributed by atoms with Gasteiger partial charge < -0.3 is 16.4 Å². The van der Waals surface area contributed by atoms with E-state index < -0.39 is 11.7 Å². The molecule has 4 N–H and O–H groups in total. The zero-order valence-corrected chi connectivity index (χ0v) is 16.1. The van der Waals surface area contributed by atoms with Gasteiger partial charge in [0.1, 0.15) is 5.82 Å². The van der Waals surface area contributed by atoms with Crippen molar-refractivity contribution in [2.45, 2.75) is 6.54 Å². The lowest BCUT2D eigenvalue weighted by Crippen LogP contribution is -2.23. The summed E-state index contributed by atoms with van der Waals surface area (Å²) in [5.41, 5.74) is 7.67. The zero-order chi connectivity index (χ0) is 21.0. The van der Waals surface area contributed by atoms with Crippen LogP contribution in [0.2, 0.25) is 5.02 Å². The van der Waals surface area contributed by atoms with Crippen LogP contribution in [0.25, 0.3) is 11.3 Å². The first-order valence-electron chi connectivity index (χ1n) is 8.56. The Morgan fingerprint density at radius 2 is 1.97 bits per heavy atom. The monoisotopic (exact) mass is 413 g/mol. The molecular formula is C20H17ClFN5O2. The molecule has 0 aliphatic rings. The van der Waals surface area contributed by atoms with Crippen LogP contribution in [-0.2, 0) is 6.54 Å². The van der Waals surface area contributed by atoms with Gasteiger partial charge in [-0.05, 0) is 29.8 Å². The van der Waals surface area contributed by atoms with Gasteiger partial charge in [-0.15, -0.1) is 0 Å². The molecule has 0 spiro atoms. The number of nitrogens with zero attached hydrogens (tertiary/aromatic N) is 2. The van der Waals surface area contributed by atoms with Crippen LogP contribution in [-0.4, -0.2) is 28.8 Å². The van der Waals surface area contributed by atoms with Gasteiger partial charge in [-0.1, -0.05) is 29.8 Å². The molecular weight excluding hydrogens is 397 g/mol. The van der Waals surface area contributed by atoms with E-state index in [0.29, 0.717) is 22.4 Å². The average molecular weight is 414 g/mol. The van der Waals surface area contributed by atoms with Gasteiger partial charge in [-0.25, -0.2) is 14.4 Å². The number of halogens is 2. The first-order chi connectivity index (χ1) is 13.9. The van der Waals surface area contributed by atoms with Crippen LogP contribution >= 0.6 is 11.6 Å². The number of nitrogens with two attached hydrogens (primary N) is 1. The summed E-state index contributed by atoms with van der Waals surface area (Å²) >= 11 is 5.98. The number of hydrogen-bond acceptors (Lipinski definition) is 5. The maximum Gasteiger partial charge on any atom is 0.273 e. The third-order valence-corrected chi connectivity index (χ3v) is 4.47. The van der Waals surface area contributed by atoms with Gasteiger partial charge in [0.15, 0.2) is 11.5 Å². The highest BCUT2D eigenvalue weighted by atomic mass is 35.5. The van der Waals surface area contributed by atoms with E-state index in [9.17, 15) is 14.0 Å². The van der Waals surface area contributed by atoms with Gasteiger partial charge in [0, 0.05) is 29.7 Å². The van der Waals surface area contributed by atoms with Crippen LogP contribution in [0.1, 0.15) is 26.4 Å². The maximum atomic E-state index is 13.1. The van der Waals surface area contributed by atoms with E-state index in [1.54, 1.807) is 24.3 Å². The topological polar surface area (TPSA) is 110 Å². The SMILES string of the molecule is CNC(=O)c1nc(-c2cccc(C(=O)NCc3ccc(F)cc3Cl)c2)cnc1N. The van der Waals surface area contributed by atoms with E-state index in [-0.39, 0.29) is 29.0 Å². The average Bonchev–Trinajstić information content (AvgIpc) is 2.72. The second-order valence-corrected chi connectivity index (χ2v) is 6.47. The molecule has 0 radical (unpaired) electrons. The number of anilines is 1. The molecule has 3 rings (SSSR count). The Bertz CT molecular complexity index is 1090. The molecule has 7 nitrogen and oxygen atoms in total. The van der Waals surface area contributed by atoms with Crippen molar-refractivity contribution in [3.8, 4) is 11.3 Å². The molecule has 2 aromatic carbocycles. The van der Waals surface area contributed by atoms with Crippen LogP contribution in [0.4, 0.5) is 10.2 Å². The summed E-state index contributed by atoms with van der Waals surface area (Å²) in [6, 6.07) is 10.7. The normalized spacial score (nSPS) is 10.4. The number of nitrogen functional groups attached to an aromatic ring is 1. The molecule has 2 amide bonds. The van der Waals surface area contributed by atoms with Crippen molar-refractivity contribution in [1.82, 2.24) is 20.6 Å². The highest BCUT2D eigenvalue weighted by molar-refractivity contribution is 6.31. The van der Waals surface area contributed by atoms with Crippen LogP contribution in [0, 0.1) is 5.82 Å². The number of carbonyl (C=O) groups is 2. The summed E-state index contributed by atoms with van der Waals surface area (Å²) in [5, 5.41) is 5.42. The molecule has 0 bridgehead atoms. The summed E-state index contributed by atoms with van der Waals surface area (Å²) in [6.07, 6.45) is 1.43. The Kier molecular flexibility index (Phi) is 6.04. The summed E-state index contributed by atoms with van der Waals surface area (Å²) in [6.45, 7) is 0.144. The third-order valence-electron chi connectivity index (χ3n) is 4.12. The van der Waals surface area contributed by atoms with E-state index in [4.69, 9.17) is 17.3 Å². The van der Waals surface area contributed by atoms with Crippen LogP contribution in [0.15, 0.2) is 48.7 Å². The van der Waals surface area contributed by atoms with Crippen molar-refractivity contribution in [2.75, 3.05) is 12.8 Å². The van der Waals surface area contributed by atoms with Crippen LogP contribution < -0.4 is 16.4 Å². The molecule has 29 heavy (non-hydrogen) atoms. The van der Waals surface area contributed by atoms with Gasteiger partial charge in [0.25, 0.3) is 11.8 Å². The fourth-order valence-electron chi connectivity index (χ4n) is 2.59. The molecule has 0 unspecified atom stereocenters. The molecule has 0 atom stereocenters. The first kappa shape index (κ1) is 20.2. The summed E-state index contributed by atoms with van der Waals surface area (Å²) < 4.78 is 13.1. The molecule has 0 saturated carbocycles. The molecule has 0 aliphatic carbocycles. The number of hydrogen-bond donors (Lipinski definition) is 3. The number of amides is 2. The minimum atomic E-state index is -0.457. The lowest BCUT2D eigenvalue weighted by molar-refractivity contribution is 0.0945. The zero-order valence-electron chi connectivity index (χ0n) is 15.4. The van der Waals surface area contributed by atoms with Gasteiger partial charge in [-0.3, -0.25) is 9.59 Å². The Hall–Kier alpha value is -3.52. The highest BCUT2D eigenvalue weighted by Gasteiger charge is 2.14. The smallest absolute Gasteiger partial charge is 0.273 e. The van der Waals surface area contributed by atoms with E-state index in [1.807, 2.05) is 0 Å². The molecule has 148 valence electrons. The van der Waals surface area contributed by atoms with Gasteiger partial charge >= 0.3 is 0 Å². The fourth-order valence-corrected chi connectivity index (χ4v) is 2.82. The number of carbonyl (C=O) groups excluding carboxylic acids is 2. The molecule has 0 fully saturated rings. The third kappa shape index (κ3) is 4.67. The van der Waals surface area contributed by atoms with Crippen molar-refractivity contribution in [3.63, 3.8) is 0 Å². The molecule has 1 heterocycles. The number of rotatable bonds is 5. The predicted molar refractivity (Wildman–Crippen MR) is 108 cm³/mol. The second kappa shape index (κ2) is 8.66. The number of benzene rings is 2. The Balaban J connectivity index is 1.80. The Morgan fingerprint density at radius 3 is 2.69 bits per heavy atom. The minimum Gasteiger partial charge on any atom is -0.382 e. The summed E-state index contributed by atoms with van der Waals surface area (Å²) in [7, 11) is 1.47. The van der Waals surface area contributed by atoms with E-state index in [2.05, 4.69) is 20.6 Å². The summed E-state index contributed by atoms with van der Waals surface area (Å²) in [5.74, 6) is -1.24. The van der Waals surface area contributed by atoms with Gasteiger partial charge in [0.2, 0.25) is 0 Å². The summed E-state index contributed by atoms with van der Waals surface area (Å²) in [4.78, 5) is 32.6. The molecule has 9 heteroatoms. The molecule has 0 aliphatic heterocycles. The highest BCUT2D eigenvalue weighted by Crippen LogP contribution is 2.21.